The molecule has 1 heterocycles. The molecular formula is C12H15N5O. The molecule has 0 fully saturated rings. The number of amides is 1. The van der Waals surface area contributed by atoms with Crippen molar-refractivity contribution in [3.63, 3.8) is 0 Å². The van der Waals surface area contributed by atoms with E-state index in [2.05, 4.69) is 20.7 Å². The number of imidazole rings is 1. The Kier molecular flexibility index (Phi) is 3.59. The zero-order valence-corrected chi connectivity index (χ0v) is 9.97. The molecule has 1 amide bonds. The number of aromatic nitrogens is 2. The van der Waals surface area contributed by atoms with E-state index in [1.165, 1.54) is 0 Å². The number of aromatic amines is 1. The lowest BCUT2D eigenvalue weighted by molar-refractivity contribution is 0.0939. The Balaban J connectivity index is 2.12. The van der Waals surface area contributed by atoms with Crippen LogP contribution in [0.25, 0.3) is 0 Å². The van der Waals surface area contributed by atoms with Gasteiger partial charge in [0, 0.05) is 12.4 Å². The molecule has 0 aliphatic rings. The minimum Gasteiger partial charge on any atom is -0.347 e. The monoisotopic (exact) mass is 245 g/mol. The highest BCUT2D eigenvalue weighted by Gasteiger charge is 2.15. The fourth-order valence-electron chi connectivity index (χ4n) is 1.66. The molecule has 1 aromatic carbocycles. The molecule has 0 saturated carbocycles. The lowest BCUT2D eigenvalue weighted by Gasteiger charge is -2.13. The number of anilines is 1. The summed E-state index contributed by atoms with van der Waals surface area (Å²) in [5.41, 5.74) is 3.58. The summed E-state index contributed by atoms with van der Waals surface area (Å²) in [6, 6.07) is 6.85. The lowest BCUT2D eigenvalue weighted by Crippen LogP contribution is -2.28. The van der Waals surface area contributed by atoms with Crippen LogP contribution in [0.4, 0.5) is 5.69 Å². The van der Waals surface area contributed by atoms with Crippen LogP contribution in [0.3, 0.4) is 0 Å². The number of hydrogen-bond acceptors (Lipinski definition) is 4. The molecule has 0 aliphatic heterocycles. The Hall–Kier alpha value is -2.34. The summed E-state index contributed by atoms with van der Waals surface area (Å²) >= 11 is 0. The van der Waals surface area contributed by atoms with Crippen molar-refractivity contribution in [1.82, 2.24) is 15.3 Å². The van der Waals surface area contributed by atoms with Crippen molar-refractivity contribution in [2.75, 3.05) is 5.43 Å². The summed E-state index contributed by atoms with van der Waals surface area (Å²) in [6.45, 7) is 1.86. The van der Waals surface area contributed by atoms with E-state index in [-0.39, 0.29) is 11.9 Å². The van der Waals surface area contributed by atoms with Crippen molar-refractivity contribution < 1.29 is 4.79 Å². The highest BCUT2D eigenvalue weighted by atomic mass is 16.1. The second kappa shape index (κ2) is 5.33. The lowest BCUT2D eigenvalue weighted by atomic mass is 10.1. The van der Waals surface area contributed by atoms with Gasteiger partial charge < -0.3 is 15.7 Å². The third-order valence-corrected chi connectivity index (χ3v) is 2.60. The molecule has 2 rings (SSSR count). The van der Waals surface area contributed by atoms with Crippen molar-refractivity contribution in [2.45, 2.75) is 13.0 Å². The van der Waals surface area contributed by atoms with Crippen LogP contribution in [0.2, 0.25) is 0 Å². The maximum atomic E-state index is 12.1. The molecular weight excluding hydrogens is 230 g/mol. The number of nitrogens with one attached hydrogen (secondary N) is 3. The highest BCUT2D eigenvalue weighted by molar-refractivity contribution is 5.99. The van der Waals surface area contributed by atoms with Gasteiger partial charge in [-0.15, -0.1) is 0 Å². The van der Waals surface area contributed by atoms with Gasteiger partial charge in [0.2, 0.25) is 0 Å². The van der Waals surface area contributed by atoms with Gasteiger partial charge in [-0.2, -0.15) is 0 Å². The number of nitrogens with two attached hydrogens (primary N) is 1. The molecule has 1 aromatic heterocycles. The third-order valence-electron chi connectivity index (χ3n) is 2.60. The Labute approximate surface area is 105 Å². The number of H-pyrrole nitrogens is 1. The second-order valence-electron chi connectivity index (χ2n) is 3.86. The Morgan fingerprint density at radius 1 is 1.44 bits per heavy atom. The molecule has 94 valence electrons. The molecule has 6 heteroatoms. The highest BCUT2D eigenvalue weighted by Crippen LogP contribution is 2.15. The second-order valence-corrected chi connectivity index (χ2v) is 3.86. The quantitative estimate of drug-likeness (QED) is 0.480. The molecule has 0 aliphatic carbocycles. The number of hydrogen-bond donors (Lipinski definition) is 4. The topological polar surface area (TPSA) is 95.8 Å². The molecule has 6 nitrogen and oxygen atoms in total. The van der Waals surface area contributed by atoms with Crippen molar-refractivity contribution in [2.24, 2.45) is 5.84 Å². The van der Waals surface area contributed by atoms with Gasteiger partial charge in [0.05, 0.1) is 17.3 Å². The number of nitrogens with zero attached hydrogens (tertiary/aromatic N) is 1. The summed E-state index contributed by atoms with van der Waals surface area (Å²) in [4.78, 5) is 19.1. The number of carbonyl (C=O) groups is 1. The predicted molar refractivity (Wildman–Crippen MR) is 68.7 cm³/mol. The van der Waals surface area contributed by atoms with Gasteiger partial charge >= 0.3 is 0 Å². The first-order chi connectivity index (χ1) is 8.72. The van der Waals surface area contributed by atoms with Gasteiger partial charge in [0.25, 0.3) is 5.91 Å². The minimum atomic E-state index is -0.201. The summed E-state index contributed by atoms with van der Waals surface area (Å²) in [5.74, 6) is 5.87. The van der Waals surface area contributed by atoms with E-state index in [1.807, 2.05) is 13.0 Å². The molecule has 18 heavy (non-hydrogen) atoms. The fraction of sp³-hybridized carbons (Fsp3) is 0.167. The van der Waals surface area contributed by atoms with Gasteiger partial charge in [0.15, 0.2) is 0 Å². The standard InChI is InChI=1S/C12H15N5O/c1-8(11-14-6-7-15-11)16-12(18)9-4-2-3-5-10(9)17-13/h2-8,17H,13H2,1H3,(H,14,15)(H,16,18). The van der Waals surface area contributed by atoms with Crippen LogP contribution in [0.15, 0.2) is 36.7 Å². The van der Waals surface area contributed by atoms with Crippen molar-refractivity contribution in [3.8, 4) is 0 Å². The average molecular weight is 245 g/mol. The normalized spacial score (nSPS) is 11.9. The Morgan fingerprint density at radius 3 is 2.89 bits per heavy atom. The fourth-order valence-corrected chi connectivity index (χ4v) is 1.66. The van der Waals surface area contributed by atoms with Crippen LogP contribution >= 0.6 is 0 Å². The summed E-state index contributed by atoms with van der Waals surface area (Å²) in [7, 11) is 0. The number of benzene rings is 1. The molecule has 0 spiro atoms. The largest absolute Gasteiger partial charge is 0.347 e. The molecule has 2 aromatic rings. The van der Waals surface area contributed by atoms with Gasteiger partial charge in [-0.3, -0.25) is 10.6 Å². The number of hydrazine groups is 1. The first-order valence-corrected chi connectivity index (χ1v) is 5.58. The van der Waals surface area contributed by atoms with Crippen LogP contribution < -0.4 is 16.6 Å². The van der Waals surface area contributed by atoms with E-state index in [4.69, 9.17) is 5.84 Å². The smallest absolute Gasteiger partial charge is 0.254 e. The van der Waals surface area contributed by atoms with Crippen molar-refractivity contribution in [1.29, 1.82) is 0 Å². The number of para-hydroxylation sites is 1. The number of nitrogen functional groups attached to an aromatic ring is 1. The maximum absolute atomic E-state index is 12.1. The molecule has 1 atom stereocenters. The third kappa shape index (κ3) is 2.49. The van der Waals surface area contributed by atoms with Crippen molar-refractivity contribution in [3.05, 3.63) is 48.0 Å². The van der Waals surface area contributed by atoms with E-state index < -0.39 is 0 Å². The van der Waals surface area contributed by atoms with Crippen LogP contribution in [0.1, 0.15) is 29.1 Å². The van der Waals surface area contributed by atoms with E-state index in [1.54, 1.807) is 30.6 Å². The van der Waals surface area contributed by atoms with E-state index in [0.717, 1.165) is 0 Å². The first-order valence-electron chi connectivity index (χ1n) is 5.58. The van der Waals surface area contributed by atoms with Crippen LogP contribution in [-0.4, -0.2) is 15.9 Å². The SMILES string of the molecule is CC(NC(=O)c1ccccc1NN)c1ncc[nH]1. The number of rotatable bonds is 4. The van der Waals surface area contributed by atoms with Crippen LogP contribution in [0.5, 0.6) is 0 Å². The van der Waals surface area contributed by atoms with Gasteiger partial charge in [-0.05, 0) is 19.1 Å². The van der Waals surface area contributed by atoms with E-state index in [9.17, 15) is 4.79 Å². The maximum Gasteiger partial charge on any atom is 0.254 e. The van der Waals surface area contributed by atoms with Crippen LogP contribution in [0, 0.1) is 0 Å². The van der Waals surface area contributed by atoms with Crippen molar-refractivity contribution >= 4 is 11.6 Å². The summed E-state index contributed by atoms with van der Waals surface area (Å²) in [6.07, 6.45) is 3.36. The molecule has 0 saturated heterocycles. The Morgan fingerprint density at radius 2 is 2.22 bits per heavy atom. The first kappa shape index (κ1) is 12.1. The zero-order valence-electron chi connectivity index (χ0n) is 9.97. The summed E-state index contributed by atoms with van der Waals surface area (Å²) in [5, 5.41) is 2.85. The van der Waals surface area contributed by atoms with E-state index >= 15 is 0 Å². The average Bonchev–Trinajstić information content (AvgIpc) is 2.92. The summed E-state index contributed by atoms with van der Waals surface area (Å²) < 4.78 is 0. The molecule has 0 bridgehead atoms. The minimum absolute atomic E-state index is 0.196. The van der Waals surface area contributed by atoms with Crippen LogP contribution in [-0.2, 0) is 0 Å². The van der Waals surface area contributed by atoms with Gasteiger partial charge in [0.1, 0.15) is 5.82 Å². The molecule has 5 N–H and O–H groups in total. The van der Waals surface area contributed by atoms with E-state index in [0.29, 0.717) is 17.1 Å². The zero-order chi connectivity index (χ0) is 13.0. The number of carbonyl (C=O) groups excluding carboxylic acids is 1. The predicted octanol–water partition coefficient (Wildman–Crippen LogP) is 1.19. The molecule has 1 unspecified atom stereocenters. The van der Waals surface area contributed by atoms with Gasteiger partial charge in [-0.1, -0.05) is 12.1 Å². The Bertz CT molecular complexity index is 523. The molecule has 0 radical (unpaired) electrons. The van der Waals surface area contributed by atoms with Gasteiger partial charge in [-0.25, -0.2) is 4.98 Å².